The minimum Gasteiger partial charge on any atom is -0.480 e. The van der Waals surface area contributed by atoms with Gasteiger partial charge < -0.3 is 10.0 Å². The molecule has 0 atom stereocenters. The molecule has 1 aliphatic heterocycles. The predicted molar refractivity (Wildman–Crippen MR) is 105 cm³/mol. The maximum absolute atomic E-state index is 12.9. The summed E-state index contributed by atoms with van der Waals surface area (Å²) in [5.41, 5.74) is 3.12. The van der Waals surface area contributed by atoms with Gasteiger partial charge in [0.1, 0.15) is 0 Å². The molecule has 28 heavy (non-hydrogen) atoms. The second-order valence-electron chi connectivity index (χ2n) is 7.25. The first-order chi connectivity index (χ1) is 13.4. The van der Waals surface area contributed by atoms with Gasteiger partial charge in [-0.25, -0.2) is 4.68 Å². The zero-order valence-corrected chi connectivity index (χ0v) is 16.6. The van der Waals surface area contributed by atoms with Crippen LogP contribution in [0.4, 0.5) is 0 Å². The fraction of sp³-hybridized carbons (Fsp3) is 0.500. The lowest BCUT2D eigenvalue weighted by atomic mass is 10.0. The molecule has 0 radical (unpaired) electrons. The van der Waals surface area contributed by atoms with Crippen molar-refractivity contribution in [3.05, 3.63) is 41.2 Å². The van der Waals surface area contributed by atoms with Crippen molar-refractivity contribution in [1.29, 1.82) is 0 Å². The van der Waals surface area contributed by atoms with E-state index in [-0.39, 0.29) is 18.5 Å². The Labute approximate surface area is 164 Å². The Balaban J connectivity index is 1.67. The highest BCUT2D eigenvalue weighted by Gasteiger charge is 2.30. The number of nitrogens with zero attached hydrogens (tertiary/aromatic N) is 5. The Morgan fingerprint density at radius 3 is 2.39 bits per heavy atom. The number of benzene rings is 1. The molecule has 0 saturated carbocycles. The van der Waals surface area contributed by atoms with Crippen LogP contribution in [0.25, 0.3) is 5.69 Å². The molecule has 8 heteroatoms. The molecule has 3 rings (SSSR count). The lowest BCUT2D eigenvalue weighted by Crippen LogP contribution is -2.48. The van der Waals surface area contributed by atoms with Gasteiger partial charge >= 0.3 is 5.97 Å². The van der Waals surface area contributed by atoms with E-state index in [1.54, 1.807) is 9.58 Å². The molecule has 0 bridgehead atoms. The number of aliphatic carboxylic acids is 1. The number of carboxylic acids is 1. The van der Waals surface area contributed by atoms with E-state index in [4.69, 9.17) is 5.11 Å². The van der Waals surface area contributed by atoms with Crippen LogP contribution in [0.2, 0.25) is 0 Å². The third kappa shape index (κ3) is 4.22. The van der Waals surface area contributed by atoms with Crippen molar-refractivity contribution in [3.63, 3.8) is 0 Å². The number of rotatable bonds is 6. The molecule has 2 aromatic rings. The van der Waals surface area contributed by atoms with E-state index < -0.39 is 5.97 Å². The van der Waals surface area contributed by atoms with Crippen LogP contribution < -0.4 is 0 Å². The number of piperidine rings is 1. The second-order valence-corrected chi connectivity index (χ2v) is 7.25. The van der Waals surface area contributed by atoms with Gasteiger partial charge in [-0.15, -0.1) is 5.10 Å². The van der Waals surface area contributed by atoms with Gasteiger partial charge in [0.05, 0.1) is 17.9 Å². The van der Waals surface area contributed by atoms with Crippen LogP contribution in [0.3, 0.4) is 0 Å². The molecule has 0 spiro atoms. The molecule has 1 aromatic carbocycles. The molecule has 0 aliphatic carbocycles. The van der Waals surface area contributed by atoms with E-state index in [2.05, 4.69) is 10.3 Å². The maximum Gasteiger partial charge on any atom is 0.317 e. The topological polar surface area (TPSA) is 91.6 Å². The minimum absolute atomic E-state index is 0.0408. The Hall–Kier alpha value is -2.74. The smallest absolute Gasteiger partial charge is 0.317 e. The van der Waals surface area contributed by atoms with E-state index in [1.807, 2.05) is 49.9 Å². The fourth-order valence-electron chi connectivity index (χ4n) is 3.71. The van der Waals surface area contributed by atoms with Crippen molar-refractivity contribution in [1.82, 2.24) is 24.8 Å². The number of carbonyl (C=O) groups excluding carboxylic acids is 1. The zero-order chi connectivity index (χ0) is 20.3. The molecule has 1 N–H and O–H groups in total. The number of hydrogen-bond donors (Lipinski definition) is 1. The third-order valence-corrected chi connectivity index (χ3v) is 5.39. The number of aromatic nitrogens is 3. The highest BCUT2D eigenvalue weighted by molar-refractivity contribution is 5.93. The number of carboxylic acid groups (broad SMARTS) is 1. The summed E-state index contributed by atoms with van der Waals surface area (Å²) >= 11 is 0. The van der Waals surface area contributed by atoms with Crippen LogP contribution in [-0.4, -0.2) is 74.0 Å². The van der Waals surface area contributed by atoms with Crippen molar-refractivity contribution >= 4 is 11.9 Å². The molecule has 8 nitrogen and oxygen atoms in total. The van der Waals surface area contributed by atoms with Gasteiger partial charge in [0.25, 0.3) is 5.91 Å². The number of likely N-dealkylation sites (tertiary alicyclic amines) is 1. The number of aryl methyl sites for hydroxylation is 1. The summed E-state index contributed by atoms with van der Waals surface area (Å²) in [6.45, 7) is 7.76. The first-order valence-corrected chi connectivity index (χ1v) is 9.65. The quantitative estimate of drug-likeness (QED) is 0.817. The fourth-order valence-corrected chi connectivity index (χ4v) is 3.71. The van der Waals surface area contributed by atoms with Gasteiger partial charge in [-0.1, -0.05) is 29.8 Å². The van der Waals surface area contributed by atoms with Crippen molar-refractivity contribution in [3.8, 4) is 5.69 Å². The monoisotopic (exact) mass is 385 g/mol. The van der Waals surface area contributed by atoms with Crippen molar-refractivity contribution < 1.29 is 14.7 Å². The number of carbonyl (C=O) groups is 2. The molecule has 1 saturated heterocycles. The van der Waals surface area contributed by atoms with E-state index >= 15 is 0 Å². The SMILES string of the molecule is CCN(CC(=O)O)C1CCN(C(=O)c2nnn(-c3ccc(C)cc3)c2C)CC1. The second kappa shape index (κ2) is 8.52. The van der Waals surface area contributed by atoms with Crippen LogP contribution >= 0.6 is 0 Å². The lowest BCUT2D eigenvalue weighted by Gasteiger charge is -2.37. The van der Waals surface area contributed by atoms with E-state index in [0.717, 1.165) is 29.8 Å². The predicted octanol–water partition coefficient (Wildman–Crippen LogP) is 1.90. The van der Waals surface area contributed by atoms with Gasteiger partial charge in [0.2, 0.25) is 0 Å². The van der Waals surface area contributed by atoms with Crippen molar-refractivity contribution in [2.45, 2.75) is 39.7 Å². The van der Waals surface area contributed by atoms with Gasteiger partial charge in [-0.2, -0.15) is 0 Å². The van der Waals surface area contributed by atoms with Crippen LogP contribution in [0.15, 0.2) is 24.3 Å². The molecule has 1 amide bonds. The van der Waals surface area contributed by atoms with Crippen LogP contribution in [0, 0.1) is 13.8 Å². The largest absolute Gasteiger partial charge is 0.480 e. The summed E-state index contributed by atoms with van der Waals surface area (Å²) in [6.07, 6.45) is 1.52. The van der Waals surface area contributed by atoms with Crippen molar-refractivity contribution in [2.24, 2.45) is 0 Å². The van der Waals surface area contributed by atoms with E-state index in [1.165, 1.54) is 0 Å². The molecule has 150 valence electrons. The molecule has 2 heterocycles. The van der Waals surface area contributed by atoms with Gasteiger partial charge in [-0.3, -0.25) is 14.5 Å². The van der Waals surface area contributed by atoms with Crippen LogP contribution in [0.1, 0.15) is 41.5 Å². The molecule has 0 unspecified atom stereocenters. The number of amides is 1. The first-order valence-electron chi connectivity index (χ1n) is 9.65. The van der Waals surface area contributed by atoms with Gasteiger partial charge in [-0.05, 0) is 45.4 Å². The number of hydrogen-bond acceptors (Lipinski definition) is 5. The highest BCUT2D eigenvalue weighted by atomic mass is 16.4. The summed E-state index contributed by atoms with van der Waals surface area (Å²) in [4.78, 5) is 27.7. The molecule has 1 aromatic heterocycles. The molecular formula is C20H27N5O3. The average molecular weight is 385 g/mol. The minimum atomic E-state index is -0.816. The summed E-state index contributed by atoms with van der Waals surface area (Å²) in [5, 5.41) is 17.4. The maximum atomic E-state index is 12.9. The standard InChI is InChI=1S/C20H27N5O3/c1-4-23(13-18(26)27)16-9-11-24(12-10-16)20(28)19-15(3)25(22-21-19)17-7-5-14(2)6-8-17/h5-8,16H,4,9-13H2,1-3H3,(H,26,27). The Morgan fingerprint density at radius 2 is 1.82 bits per heavy atom. The van der Waals surface area contributed by atoms with Gasteiger partial charge in [0.15, 0.2) is 5.69 Å². The summed E-state index contributed by atoms with van der Waals surface area (Å²) < 4.78 is 1.69. The highest BCUT2D eigenvalue weighted by Crippen LogP contribution is 2.20. The van der Waals surface area contributed by atoms with E-state index in [9.17, 15) is 9.59 Å². The normalized spacial score (nSPS) is 15.2. The third-order valence-electron chi connectivity index (χ3n) is 5.39. The average Bonchev–Trinajstić information content (AvgIpc) is 3.07. The Morgan fingerprint density at radius 1 is 1.18 bits per heavy atom. The Bertz CT molecular complexity index is 838. The van der Waals surface area contributed by atoms with Crippen LogP contribution in [-0.2, 0) is 4.79 Å². The lowest BCUT2D eigenvalue weighted by molar-refractivity contribution is -0.139. The molecular weight excluding hydrogens is 358 g/mol. The van der Waals surface area contributed by atoms with Crippen molar-refractivity contribution in [2.75, 3.05) is 26.2 Å². The first kappa shape index (κ1) is 20.0. The van der Waals surface area contributed by atoms with E-state index in [0.29, 0.717) is 25.3 Å². The summed E-state index contributed by atoms with van der Waals surface area (Å²) in [5.74, 6) is -0.931. The van der Waals surface area contributed by atoms with Crippen LogP contribution in [0.5, 0.6) is 0 Å². The summed E-state index contributed by atoms with van der Waals surface area (Å²) in [6, 6.07) is 8.10. The molecule has 1 fully saturated rings. The number of likely N-dealkylation sites (N-methyl/N-ethyl adjacent to an activating group) is 1. The Kier molecular flexibility index (Phi) is 6.08. The molecule has 1 aliphatic rings. The zero-order valence-electron chi connectivity index (χ0n) is 16.6. The van der Waals surface area contributed by atoms with Gasteiger partial charge in [0, 0.05) is 19.1 Å². The summed E-state index contributed by atoms with van der Waals surface area (Å²) in [7, 11) is 0.